The van der Waals surface area contributed by atoms with Gasteiger partial charge < -0.3 is 4.90 Å². The van der Waals surface area contributed by atoms with Crippen molar-refractivity contribution in [2.75, 3.05) is 19.6 Å². The summed E-state index contributed by atoms with van der Waals surface area (Å²) in [5.41, 5.74) is 0.628. The molecule has 0 aromatic heterocycles. The second-order valence-corrected chi connectivity index (χ2v) is 4.23. The van der Waals surface area contributed by atoms with Crippen molar-refractivity contribution in [2.24, 2.45) is 5.92 Å². The number of hydrogen-bond donors (Lipinski definition) is 0. The molecule has 0 heterocycles. The number of benzene rings is 1. The van der Waals surface area contributed by atoms with E-state index in [-0.39, 0.29) is 5.78 Å². The van der Waals surface area contributed by atoms with Gasteiger partial charge in [0.15, 0.2) is 5.78 Å². The van der Waals surface area contributed by atoms with E-state index in [2.05, 4.69) is 24.8 Å². The second-order valence-electron chi connectivity index (χ2n) is 4.23. The molecular weight excluding hydrogens is 224 g/mol. The first-order valence-corrected chi connectivity index (χ1v) is 6.44. The monoisotopic (exact) mass is 244 g/mol. The minimum Gasteiger partial charge on any atom is -0.304 e. The molecule has 18 heavy (non-hydrogen) atoms. The molecule has 0 bridgehead atoms. The van der Waals surface area contributed by atoms with E-state index in [4.69, 9.17) is 5.26 Å². The number of nitrogens with zero attached hydrogens (tertiary/aromatic N) is 2. The fourth-order valence-electron chi connectivity index (χ4n) is 1.91. The zero-order valence-corrected chi connectivity index (χ0v) is 11.1. The van der Waals surface area contributed by atoms with Crippen LogP contribution in [0, 0.1) is 17.2 Å². The summed E-state index contributed by atoms with van der Waals surface area (Å²) in [6.45, 7) is 6.87. The van der Waals surface area contributed by atoms with Crippen LogP contribution in [0.2, 0.25) is 0 Å². The Morgan fingerprint density at radius 1 is 1.28 bits per heavy atom. The summed E-state index contributed by atoms with van der Waals surface area (Å²) in [5, 5.41) is 9.13. The third-order valence-corrected chi connectivity index (χ3v) is 3.16. The Kier molecular flexibility index (Phi) is 6.10. The highest BCUT2D eigenvalue weighted by atomic mass is 16.1. The number of carbonyl (C=O) groups excluding carboxylic acids is 1. The Hall–Kier alpha value is -1.66. The van der Waals surface area contributed by atoms with Crippen molar-refractivity contribution in [1.29, 1.82) is 5.26 Å². The Balaban J connectivity index is 2.62. The van der Waals surface area contributed by atoms with Gasteiger partial charge in [-0.2, -0.15) is 5.26 Å². The van der Waals surface area contributed by atoms with E-state index in [1.807, 2.05) is 18.2 Å². The van der Waals surface area contributed by atoms with Crippen LogP contribution >= 0.6 is 0 Å². The van der Waals surface area contributed by atoms with E-state index < -0.39 is 5.92 Å². The van der Waals surface area contributed by atoms with E-state index in [0.29, 0.717) is 12.0 Å². The van der Waals surface area contributed by atoms with E-state index in [1.165, 1.54) is 0 Å². The predicted octanol–water partition coefficient (Wildman–Crippen LogP) is 2.74. The molecule has 0 saturated heterocycles. The van der Waals surface area contributed by atoms with Gasteiger partial charge in [0.1, 0.15) is 5.92 Å². The average molecular weight is 244 g/mol. The van der Waals surface area contributed by atoms with Gasteiger partial charge in [-0.05, 0) is 26.1 Å². The number of rotatable bonds is 7. The van der Waals surface area contributed by atoms with E-state index in [9.17, 15) is 4.79 Å². The highest BCUT2D eigenvalue weighted by Crippen LogP contribution is 2.12. The Morgan fingerprint density at radius 2 is 1.89 bits per heavy atom. The molecule has 0 spiro atoms. The molecule has 3 nitrogen and oxygen atoms in total. The van der Waals surface area contributed by atoms with Crippen LogP contribution in [-0.2, 0) is 0 Å². The van der Waals surface area contributed by atoms with Gasteiger partial charge in [-0.25, -0.2) is 0 Å². The number of ketones is 1. The third kappa shape index (κ3) is 3.97. The fourth-order valence-corrected chi connectivity index (χ4v) is 1.91. The molecule has 0 aliphatic heterocycles. The molecule has 0 fully saturated rings. The summed E-state index contributed by atoms with van der Waals surface area (Å²) < 4.78 is 0. The molecule has 0 aliphatic rings. The number of nitriles is 1. The van der Waals surface area contributed by atoms with Crippen molar-refractivity contribution >= 4 is 5.78 Å². The van der Waals surface area contributed by atoms with Crippen LogP contribution in [0.5, 0.6) is 0 Å². The number of carbonyl (C=O) groups is 1. The van der Waals surface area contributed by atoms with Crippen molar-refractivity contribution < 1.29 is 4.79 Å². The first-order chi connectivity index (χ1) is 8.72. The lowest BCUT2D eigenvalue weighted by molar-refractivity contribution is 0.0936. The largest absolute Gasteiger partial charge is 0.304 e. The SMILES string of the molecule is CCN(CC)CCC(C#N)C(=O)c1ccccc1. The first-order valence-electron chi connectivity index (χ1n) is 6.44. The van der Waals surface area contributed by atoms with Crippen molar-refractivity contribution in [3.8, 4) is 6.07 Å². The minimum absolute atomic E-state index is 0.0646. The predicted molar refractivity (Wildman–Crippen MR) is 72.3 cm³/mol. The van der Waals surface area contributed by atoms with Gasteiger partial charge in [-0.15, -0.1) is 0 Å². The van der Waals surface area contributed by atoms with Crippen molar-refractivity contribution in [3.63, 3.8) is 0 Å². The lowest BCUT2D eigenvalue weighted by Crippen LogP contribution is -2.27. The van der Waals surface area contributed by atoms with Crippen LogP contribution in [0.3, 0.4) is 0 Å². The fraction of sp³-hybridized carbons (Fsp3) is 0.467. The topological polar surface area (TPSA) is 44.1 Å². The lowest BCUT2D eigenvalue weighted by atomic mass is 9.96. The molecule has 1 aromatic carbocycles. The molecule has 0 radical (unpaired) electrons. The quantitative estimate of drug-likeness (QED) is 0.693. The van der Waals surface area contributed by atoms with Gasteiger partial charge in [-0.1, -0.05) is 44.2 Å². The maximum absolute atomic E-state index is 12.1. The van der Waals surface area contributed by atoms with Gasteiger partial charge in [0.2, 0.25) is 0 Å². The van der Waals surface area contributed by atoms with Crippen molar-refractivity contribution in [3.05, 3.63) is 35.9 Å². The van der Waals surface area contributed by atoms with Crippen LogP contribution in [-0.4, -0.2) is 30.3 Å². The molecule has 1 rings (SSSR count). The van der Waals surface area contributed by atoms with Crippen molar-refractivity contribution in [2.45, 2.75) is 20.3 Å². The van der Waals surface area contributed by atoms with Gasteiger partial charge in [-0.3, -0.25) is 4.79 Å². The van der Waals surface area contributed by atoms with Gasteiger partial charge >= 0.3 is 0 Å². The zero-order valence-electron chi connectivity index (χ0n) is 11.1. The molecule has 0 aliphatic carbocycles. The molecule has 1 unspecified atom stereocenters. The zero-order chi connectivity index (χ0) is 13.4. The van der Waals surface area contributed by atoms with Crippen LogP contribution in [0.4, 0.5) is 0 Å². The minimum atomic E-state index is -0.534. The molecule has 1 aromatic rings. The molecule has 1 atom stereocenters. The van der Waals surface area contributed by atoms with Crippen LogP contribution in [0.25, 0.3) is 0 Å². The smallest absolute Gasteiger partial charge is 0.180 e. The summed E-state index contributed by atoms with van der Waals surface area (Å²) in [6.07, 6.45) is 0.603. The Bertz CT molecular complexity index is 404. The highest BCUT2D eigenvalue weighted by molar-refractivity contribution is 5.99. The molecule has 96 valence electrons. The molecule has 0 saturated carbocycles. The maximum atomic E-state index is 12.1. The molecular formula is C15H20N2O. The van der Waals surface area contributed by atoms with Crippen LogP contribution in [0.1, 0.15) is 30.6 Å². The molecule has 3 heteroatoms. The normalized spacial score (nSPS) is 12.1. The molecule has 0 N–H and O–H groups in total. The second kappa shape index (κ2) is 7.62. The standard InChI is InChI=1S/C15H20N2O/c1-3-17(4-2)11-10-14(12-16)15(18)13-8-6-5-7-9-13/h5-9,14H,3-4,10-11H2,1-2H3. The Morgan fingerprint density at radius 3 is 2.39 bits per heavy atom. The van der Waals surface area contributed by atoms with E-state index in [0.717, 1.165) is 19.6 Å². The van der Waals surface area contributed by atoms with Crippen molar-refractivity contribution in [1.82, 2.24) is 4.90 Å². The lowest BCUT2D eigenvalue weighted by Gasteiger charge is -2.19. The summed E-state index contributed by atoms with van der Waals surface area (Å²) >= 11 is 0. The number of Topliss-reactive ketones (excluding diaryl/α,β-unsaturated/α-hetero) is 1. The van der Waals surface area contributed by atoms with Gasteiger partial charge in [0.05, 0.1) is 6.07 Å². The summed E-state index contributed by atoms with van der Waals surface area (Å²) in [4.78, 5) is 14.3. The maximum Gasteiger partial charge on any atom is 0.180 e. The van der Waals surface area contributed by atoms with Crippen LogP contribution in [0.15, 0.2) is 30.3 Å². The third-order valence-electron chi connectivity index (χ3n) is 3.16. The highest BCUT2D eigenvalue weighted by Gasteiger charge is 2.19. The Labute approximate surface area is 109 Å². The molecule has 0 amide bonds. The van der Waals surface area contributed by atoms with Gasteiger partial charge in [0, 0.05) is 5.56 Å². The average Bonchev–Trinajstić information content (AvgIpc) is 2.44. The van der Waals surface area contributed by atoms with Crippen LogP contribution < -0.4 is 0 Å². The summed E-state index contributed by atoms with van der Waals surface area (Å²) in [7, 11) is 0. The summed E-state index contributed by atoms with van der Waals surface area (Å²) in [6, 6.07) is 11.2. The number of hydrogen-bond acceptors (Lipinski definition) is 3. The van der Waals surface area contributed by atoms with Gasteiger partial charge in [0.25, 0.3) is 0 Å². The summed E-state index contributed by atoms with van der Waals surface area (Å²) in [5.74, 6) is -0.599. The van der Waals surface area contributed by atoms with E-state index >= 15 is 0 Å². The van der Waals surface area contributed by atoms with E-state index in [1.54, 1.807) is 12.1 Å². The first kappa shape index (κ1) is 14.4.